The van der Waals surface area contributed by atoms with Crippen molar-refractivity contribution in [3.05, 3.63) is 0 Å². The van der Waals surface area contributed by atoms with Gasteiger partial charge in [0.05, 0.1) is 0 Å². The number of rotatable bonds is 0. The molecule has 1 aliphatic rings. The van der Waals surface area contributed by atoms with Crippen molar-refractivity contribution in [1.29, 1.82) is 0 Å². The highest BCUT2D eigenvalue weighted by Crippen LogP contribution is 2.14. The fourth-order valence-corrected chi connectivity index (χ4v) is 1.53. The first-order valence-corrected chi connectivity index (χ1v) is 5.33. The third kappa shape index (κ3) is 15.7. The average Bonchev–Trinajstić information content (AvgIpc) is 2.07. The summed E-state index contributed by atoms with van der Waals surface area (Å²) in [4.78, 5) is 0. The molecule has 2 N–H and O–H groups in total. The summed E-state index contributed by atoms with van der Waals surface area (Å²) >= 11 is 2.07. The first-order valence-electron chi connectivity index (χ1n) is 2.78. The minimum atomic E-state index is -4.67. The van der Waals surface area contributed by atoms with E-state index in [0.717, 1.165) is 0 Å². The van der Waals surface area contributed by atoms with Gasteiger partial charge in [-0.2, -0.15) is 20.2 Å². The lowest BCUT2D eigenvalue weighted by molar-refractivity contribution is 0.381. The minimum Gasteiger partial charge on any atom is -0.264 e. The van der Waals surface area contributed by atoms with Gasteiger partial charge in [-0.1, -0.05) is 0 Å². The Hall–Kier alpha value is 0.220. The molecule has 0 radical (unpaired) electrons. The molecule has 62 valence electrons. The number of hydrogen-bond acceptors (Lipinski definition) is 3. The van der Waals surface area contributed by atoms with Crippen LogP contribution in [0.1, 0.15) is 12.8 Å². The van der Waals surface area contributed by atoms with Crippen LogP contribution in [0.4, 0.5) is 0 Å². The largest absolute Gasteiger partial charge is 0.394 e. The van der Waals surface area contributed by atoms with Gasteiger partial charge in [-0.3, -0.25) is 9.11 Å². The summed E-state index contributed by atoms with van der Waals surface area (Å²) in [6, 6.07) is 0. The minimum absolute atomic E-state index is 1.42. The summed E-state index contributed by atoms with van der Waals surface area (Å²) in [5.41, 5.74) is 0. The van der Waals surface area contributed by atoms with Gasteiger partial charge in [-0.05, 0) is 24.3 Å². The summed E-state index contributed by atoms with van der Waals surface area (Å²) in [6.07, 6.45) is 2.93. The van der Waals surface area contributed by atoms with E-state index < -0.39 is 10.4 Å². The normalized spacial score (nSPS) is 17.8. The molecule has 1 aliphatic heterocycles. The van der Waals surface area contributed by atoms with Gasteiger partial charge >= 0.3 is 10.4 Å². The van der Waals surface area contributed by atoms with Gasteiger partial charge in [0.25, 0.3) is 0 Å². The van der Waals surface area contributed by atoms with E-state index in [4.69, 9.17) is 17.5 Å². The van der Waals surface area contributed by atoms with Crippen molar-refractivity contribution in [2.45, 2.75) is 12.8 Å². The van der Waals surface area contributed by atoms with Crippen LogP contribution < -0.4 is 0 Å². The highest BCUT2D eigenvalue weighted by molar-refractivity contribution is 7.99. The lowest BCUT2D eigenvalue weighted by atomic mass is 10.4. The Balaban J connectivity index is 0.000000162. The highest BCUT2D eigenvalue weighted by atomic mass is 32.3. The molecule has 1 fully saturated rings. The molecule has 0 atom stereocenters. The van der Waals surface area contributed by atoms with Gasteiger partial charge in [0, 0.05) is 0 Å². The van der Waals surface area contributed by atoms with E-state index in [2.05, 4.69) is 11.8 Å². The maximum atomic E-state index is 8.74. The number of thioether (sulfide) groups is 1. The quantitative estimate of drug-likeness (QED) is 0.549. The molecule has 1 rings (SSSR count). The molecule has 10 heavy (non-hydrogen) atoms. The molecular formula is C4H10O4S2. The van der Waals surface area contributed by atoms with Crippen LogP contribution in [0, 0.1) is 0 Å². The van der Waals surface area contributed by atoms with E-state index in [1.54, 1.807) is 0 Å². The third-order valence-corrected chi connectivity index (χ3v) is 1.98. The van der Waals surface area contributed by atoms with E-state index in [0.29, 0.717) is 0 Å². The molecule has 0 amide bonds. The maximum Gasteiger partial charge on any atom is 0.394 e. The van der Waals surface area contributed by atoms with Gasteiger partial charge in [0.1, 0.15) is 0 Å². The monoisotopic (exact) mass is 186 g/mol. The molecule has 0 aromatic carbocycles. The van der Waals surface area contributed by atoms with Crippen molar-refractivity contribution < 1.29 is 17.5 Å². The number of hydrogen-bond donors (Lipinski definition) is 2. The Bertz CT molecular complexity index is 142. The highest BCUT2D eigenvalue weighted by Gasteiger charge is 1.95. The molecular weight excluding hydrogens is 176 g/mol. The fourth-order valence-electron chi connectivity index (χ4n) is 0.510. The van der Waals surface area contributed by atoms with Gasteiger partial charge in [-0.25, -0.2) is 0 Å². The molecule has 0 bridgehead atoms. The summed E-state index contributed by atoms with van der Waals surface area (Å²) in [7, 11) is -4.67. The van der Waals surface area contributed by atoms with Crippen molar-refractivity contribution in [2.75, 3.05) is 11.5 Å². The van der Waals surface area contributed by atoms with Crippen LogP contribution in [0.2, 0.25) is 0 Å². The van der Waals surface area contributed by atoms with Crippen molar-refractivity contribution in [3.8, 4) is 0 Å². The van der Waals surface area contributed by atoms with E-state index in [9.17, 15) is 0 Å². The summed E-state index contributed by atoms with van der Waals surface area (Å²) in [5.74, 6) is 2.83. The molecule has 0 aromatic rings. The standard InChI is InChI=1S/C4H8S.H2O4S/c1-2-4-5-3-1;1-5(2,3)4/h1-4H2;(H2,1,2,3,4). The second-order valence-electron chi connectivity index (χ2n) is 1.77. The van der Waals surface area contributed by atoms with Crippen molar-refractivity contribution in [2.24, 2.45) is 0 Å². The fraction of sp³-hybridized carbons (Fsp3) is 1.00. The first-order chi connectivity index (χ1) is 4.50. The zero-order chi connectivity index (χ0) is 8.04. The summed E-state index contributed by atoms with van der Waals surface area (Å²) in [6.45, 7) is 0. The second kappa shape index (κ2) is 4.95. The maximum absolute atomic E-state index is 8.74. The SMILES string of the molecule is C1CCSC1.O=S(=O)(O)O. The molecule has 0 aromatic heterocycles. The molecule has 1 heterocycles. The average molecular weight is 186 g/mol. The van der Waals surface area contributed by atoms with Crippen molar-refractivity contribution in [3.63, 3.8) is 0 Å². The topological polar surface area (TPSA) is 74.6 Å². The predicted octanol–water partition coefficient (Wildman–Crippen LogP) is 0.861. The first kappa shape index (κ1) is 10.2. The van der Waals surface area contributed by atoms with Gasteiger partial charge in [0.15, 0.2) is 0 Å². The van der Waals surface area contributed by atoms with E-state index >= 15 is 0 Å². The zero-order valence-electron chi connectivity index (χ0n) is 5.36. The van der Waals surface area contributed by atoms with Crippen LogP contribution in [0.25, 0.3) is 0 Å². The molecule has 4 nitrogen and oxygen atoms in total. The predicted molar refractivity (Wildman–Crippen MR) is 40.7 cm³/mol. The Labute approximate surface area is 64.6 Å². The van der Waals surface area contributed by atoms with Gasteiger partial charge in [0.2, 0.25) is 0 Å². The smallest absolute Gasteiger partial charge is 0.264 e. The molecule has 1 saturated heterocycles. The Kier molecular flexibility index (Phi) is 5.06. The molecule has 0 saturated carbocycles. The van der Waals surface area contributed by atoms with Crippen molar-refractivity contribution in [1.82, 2.24) is 0 Å². The van der Waals surface area contributed by atoms with Crippen LogP contribution >= 0.6 is 11.8 Å². The second-order valence-corrected chi connectivity index (χ2v) is 3.89. The Morgan fingerprint density at radius 2 is 1.40 bits per heavy atom. The van der Waals surface area contributed by atoms with E-state index in [-0.39, 0.29) is 0 Å². The van der Waals surface area contributed by atoms with Crippen LogP contribution in [-0.4, -0.2) is 29.0 Å². The van der Waals surface area contributed by atoms with Crippen LogP contribution in [-0.2, 0) is 10.4 Å². The molecule has 0 unspecified atom stereocenters. The van der Waals surface area contributed by atoms with Gasteiger partial charge < -0.3 is 0 Å². The lowest BCUT2D eigenvalue weighted by Gasteiger charge is -1.69. The lowest BCUT2D eigenvalue weighted by Crippen LogP contribution is -1.89. The summed E-state index contributed by atoms with van der Waals surface area (Å²) < 4.78 is 31.6. The third-order valence-electron chi connectivity index (χ3n) is 0.827. The van der Waals surface area contributed by atoms with Crippen LogP contribution in [0.3, 0.4) is 0 Å². The van der Waals surface area contributed by atoms with Crippen LogP contribution in [0.15, 0.2) is 0 Å². The molecule has 0 spiro atoms. The zero-order valence-corrected chi connectivity index (χ0v) is 6.99. The molecule has 0 aliphatic carbocycles. The van der Waals surface area contributed by atoms with Crippen LogP contribution in [0.5, 0.6) is 0 Å². The van der Waals surface area contributed by atoms with E-state index in [1.807, 2.05) is 0 Å². The summed E-state index contributed by atoms with van der Waals surface area (Å²) in [5, 5.41) is 0. The Morgan fingerprint density at radius 3 is 1.50 bits per heavy atom. The van der Waals surface area contributed by atoms with Crippen molar-refractivity contribution >= 4 is 22.2 Å². The Morgan fingerprint density at radius 1 is 1.10 bits per heavy atom. The molecule has 6 heteroatoms. The van der Waals surface area contributed by atoms with E-state index in [1.165, 1.54) is 24.3 Å². The van der Waals surface area contributed by atoms with Gasteiger partial charge in [-0.15, -0.1) is 0 Å².